The van der Waals surface area contributed by atoms with Crippen molar-refractivity contribution < 1.29 is 15.0 Å². The molecule has 0 saturated heterocycles. The molecule has 19 heavy (non-hydrogen) atoms. The standard InChI is InChI=1S/C15H14O3S/c16-14(15(17)18)10-19-13-8-6-12(7-9-13)11-4-2-1-3-5-11/h1-9,14,16H,10H2,(H,17,18). The first kappa shape index (κ1) is 13.6. The number of aliphatic hydroxyl groups is 1. The van der Waals surface area contributed by atoms with E-state index in [1.165, 1.54) is 11.8 Å². The number of carboxylic acid groups (broad SMARTS) is 1. The van der Waals surface area contributed by atoms with Crippen LogP contribution in [0.15, 0.2) is 59.5 Å². The average Bonchev–Trinajstić information content (AvgIpc) is 2.46. The van der Waals surface area contributed by atoms with Crippen LogP contribution in [0.25, 0.3) is 11.1 Å². The Morgan fingerprint density at radius 3 is 2.16 bits per heavy atom. The highest BCUT2D eigenvalue weighted by Crippen LogP contribution is 2.24. The van der Waals surface area contributed by atoms with Crippen LogP contribution in [-0.2, 0) is 4.79 Å². The lowest BCUT2D eigenvalue weighted by atomic mass is 10.1. The van der Waals surface area contributed by atoms with Gasteiger partial charge in [0.25, 0.3) is 0 Å². The second kappa shape index (κ2) is 6.41. The summed E-state index contributed by atoms with van der Waals surface area (Å²) in [5.74, 6) is -1.03. The molecule has 98 valence electrons. The normalized spacial score (nSPS) is 12.1. The molecule has 2 aromatic rings. The van der Waals surface area contributed by atoms with Crippen molar-refractivity contribution in [3.05, 3.63) is 54.6 Å². The third-order valence-corrected chi connectivity index (χ3v) is 3.74. The minimum atomic E-state index is -1.32. The molecule has 2 rings (SSSR count). The third kappa shape index (κ3) is 3.84. The summed E-state index contributed by atoms with van der Waals surface area (Å²) in [4.78, 5) is 11.4. The summed E-state index contributed by atoms with van der Waals surface area (Å²) in [6, 6.07) is 17.9. The number of carbonyl (C=O) groups is 1. The SMILES string of the molecule is O=C(O)C(O)CSc1ccc(-c2ccccc2)cc1. The van der Waals surface area contributed by atoms with Gasteiger partial charge in [0, 0.05) is 10.6 Å². The van der Waals surface area contributed by atoms with E-state index in [1.54, 1.807) is 0 Å². The molecule has 0 heterocycles. The topological polar surface area (TPSA) is 57.5 Å². The first-order chi connectivity index (χ1) is 9.16. The van der Waals surface area contributed by atoms with Gasteiger partial charge in [-0.05, 0) is 23.3 Å². The van der Waals surface area contributed by atoms with Crippen molar-refractivity contribution in [1.29, 1.82) is 0 Å². The van der Waals surface area contributed by atoms with Crippen LogP contribution in [0, 0.1) is 0 Å². The maximum absolute atomic E-state index is 10.5. The number of aliphatic hydroxyl groups excluding tert-OH is 1. The van der Waals surface area contributed by atoms with E-state index in [-0.39, 0.29) is 5.75 Å². The van der Waals surface area contributed by atoms with Crippen LogP contribution in [0.3, 0.4) is 0 Å². The van der Waals surface area contributed by atoms with Gasteiger partial charge in [0.1, 0.15) is 0 Å². The quantitative estimate of drug-likeness (QED) is 0.823. The van der Waals surface area contributed by atoms with Crippen LogP contribution in [-0.4, -0.2) is 28.0 Å². The van der Waals surface area contributed by atoms with Crippen molar-refractivity contribution >= 4 is 17.7 Å². The Balaban J connectivity index is 2.01. The minimum absolute atomic E-state index is 0.153. The number of carboxylic acids is 1. The summed E-state index contributed by atoms with van der Waals surface area (Å²) in [5.41, 5.74) is 2.26. The Bertz CT molecular complexity index is 537. The van der Waals surface area contributed by atoms with E-state index in [2.05, 4.69) is 0 Å². The van der Waals surface area contributed by atoms with Crippen LogP contribution in [0.5, 0.6) is 0 Å². The molecular weight excluding hydrogens is 260 g/mol. The van der Waals surface area contributed by atoms with Crippen molar-refractivity contribution in [3.8, 4) is 11.1 Å². The van der Waals surface area contributed by atoms with Crippen molar-refractivity contribution in [1.82, 2.24) is 0 Å². The lowest BCUT2D eigenvalue weighted by molar-refractivity contribution is -0.145. The highest BCUT2D eigenvalue weighted by Gasteiger charge is 2.12. The summed E-state index contributed by atoms with van der Waals surface area (Å²) in [5, 5.41) is 17.8. The zero-order valence-corrected chi connectivity index (χ0v) is 11.0. The molecule has 0 bridgehead atoms. The monoisotopic (exact) mass is 274 g/mol. The first-order valence-electron chi connectivity index (χ1n) is 5.86. The maximum atomic E-state index is 10.5. The van der Waals surface area contributed by atoms with Gasteiger partial charge in [-0.3, -0.25) is 0 Å². The summed E-state index contributed by atoms with van der Waals surface area (Å²) < 4.78 is 0. The van der Waals surface area contributed by atoms with E-state index < -0.39 is 12.1 Å². The molecule has 0 fully saturated rings. The number of thioether (sulfide) groups is 1. The van der Waals surface area contributed by atoms with Crippen LogP contribution in [0.1, 0.15) is 0 Å². The van der Waals surface area contributed by atoms with E-state index in [0.29, 0.717) is 0 Å². The Morgan fingerprint density at radius 2 is 1.58 bits per heavy atom. The summed E-state index contributed by atoms with van der Waals surface area (Å²) >= 11 is 1.33. The molecule has 4 heteroatoms. The Labute approximate surface area is 115 Å². The van der Waals surface area contributed by atoms with E-state index in [4.69, 9.17) is 5.11 Å². The number of aliphatic carboxylic acids is 1. The van der Waals surface area contributed by atoms with E-state index in [9.17, 15) is 9.90 Å². The summed E-state index contributed by atoms with van der Waals surface area (Å²) in [6.45, 7) is 0. The van der Waals surface area contributed by atoms with Crippen molar-refractivity contribution in [3.63, 3.8) is 0 Å². The van der Waals surface area contributed by atoms with Crippen molar-refractivity contribution in [2.75, 3.05) is 5.75 Å². The van der Waals surface area contributed by atoms with Gasteiger partial charge in [0.2, 0.25) is 0 Å². The molecule has 0 radical (unpaired) electrons. The highest BCUT2D eigenvalue weighted by atomic mass is 32.2. The summed E-state index contributed by atoms with van der Waals surface area (Å²) in [6.07, 6.45) is -1.32. The Morgan fingerprint density at radius 1 is 1.00 bits per heavy atom. The smallest absolute Gasteiger partial charge is 0.333 e. The van der Waals surface area contributed by atoms with Crippen molar-refractivity contribution in [2.24, 2.45) is 0 Å². The molecule has 0 aliphatic rings. The highest BCUT2D eigenvalue weighted by molar-refractivity contribution is 7.99. The lowest BCUT2D eigenvalue weighted by Gasteiger charge is -2.06. The predicted molar refractivity (Wildman–Crippen MR) is 76.2 cm³/mol. The molecule has 2 N–H and O–H groups in total. The zero-order chi connectivity index (χ0) is 13.7. The second-order valence-electron chi connectivity index (χ2n) is 4.06. The molecule has 1 atom stereocenters. The zero-order valence-electron chi connectivity index (χ0n) is 10.2. The molecule has 0 aliphatic carbocycles. The summed E-state index contributed by atoms with van der Waals surface area (Å²) in [7, 11) is 0. The van der Waals surface area contributed by atoms with Crippen LogP contribution in [0.2, 0.25) is 0 Å². The molecule has 1 unspecified atom stereocenters. The van der Waals surface area contributed by atoms with Gasteiger partial charge in [-0.1, -0.05) is 42.5 Å². The minimum Gasteiger partial charge on any atom is -0.479 e. The van der Waals surface area contributed by atoms with E-state index >= 15 is 0 Å². The van der Waals surface area contributed by atoms with Gasteiger partial charge < -0.3 is 10.2 Å². The largest absolute Gasteiger partial charge is 0.479 e. The molecule has 0 saturated carbocycles. The van der Waals surface area contributed by atoms with E-state index in [0.717, 1.165) is 16.0 Å². The fraction of sp³-hybridized carbons (Fsp3) is 0.133. The molecule has 3 nitrogen and oxygen atoms in total. The number of rotatable bonds is 5. The third-order valence-electron chi connectivity index (χ3n) is 2.65. The molecule has 0 amide bonds. The van der Waals surface area contributed by atoms with Crippen LogP contribution >= 0.6 is 11.8 Å². The van der Waals surface area contributed by atoms with Gasteiger partial charge in [-0.15, -0.1) is 11.8 Å². The van der Waals surface area contributed by atoms with Crippen molar-refractivity contribution in [2.45, 2.75) is 11.0 Å². The lowest BCUT2D eigenvalue weighted by Crippen LogP contribution is -2.21. The van der Waals surface area contributed by atoms with Gasteiger partial charge in [0.15, 0.2) is 6.10 Å². The molecular formula is C15H14O3S. The molecule has 0 aromatic heterocycles. The predicted octanol–water partition coefficient (Wildman–Crippen LogP) is 2.89. The maximum Gasteiger partial charge on any atom is 0.333 e. The average molecular weight is 274 g/mol. The Kier molecular flexibility index (Phi) is 4.60. The van der Waals surface area contributed by atoms with Gasteiger partial charge in [-0.2, -0.15) is 0 Å². The fourth-order valence-corrected chi connectivity index (χ4v) is 2.44. The van der Waals surface area contributed by atoms with Crippen LogP contribution < -0.4 is 0 Å². The number of hydrogen-bond acceptors (Lipinski definition) is 3. The van der Waals surface area contributed by atoms with E-state index in [1.807, 2.05) is 54.6 Å². The van der Waals surface area contributed by atoms with Gasteiger partial charge in [-0.25, -0.2) is 4.79 Å². The second-order valence-corrected chi connectivity index (χ2v) is 5.15. The number of benzene rings is 2. The molecule has 0 aliphatic heterocycles. The van der Waals surface area contributed by atoms with Crippen LogP contribution in [0.4, 0.5) is 0 Å². The number of hydrogen-bond donors (Lipinski definition) is 2. The fourth-order valence-electron chi connectivity index (χ4n) is 1.62. The first-order valence-corrected chi connectivity index (χ1v) is 6.84. The Hall–Kier alpha value is -1.78. The molecule has 0 spiro atoms. The molecule has 2 aromatic carbocycles. The van der Waals surface area contributed by atoms with Gasteiger partial charge in [0.05, 0.1) is 0 Å². The van der Waals surface area contributed by atoms with Gasteiger partial charge >= 0.3 is 5.97 Å².